The Hall–Kier alpha value is -0.935. The third kappa shape index (κ3) is 2.41. The van der Waals surface area contributed by atoms with Gasteiger partial charge in [0.25, 0.3) is 0 Å². The molecule has 1 aromatic heterocycles. The molecular weight excluding hydrogens is 208 g/mol. The Morgan fingerprint density at radius 1 is 1.56 bits per heavy atom. The van der Waals surface area contributed by atoms with Crippen molar-refractivity contribution in [1.82, 2.24) is 4.98 Å². The minimum absolute atomic E-state index is 0.0494. The molecule has 1 aliphatic heterocycles. The topological polar surface area (TPSA) is 31.4 Å². The van der Waals surface area contributed by atoms with Crippen LogP contribution in [0.15, 0.2) is 18.5 Å². The lowest BCUT2D eigenvalue weighted by Crippen LogP contribution is -2.52. The van der Waals surface area contributed by atoms with Gasteiger partial charge in [0.2, 0.25) is 0 Å². The SMILES string of the molecule is C[C@H]1CC(C)(C)OB(c2cnccc2F)O1. The molecule has 1 aromatic rings. The summed E-state index contributed by atoms with van der Waals surface area (Å²) in [4.78, 5) is 3.89. The van der Waals surface area contributed by atoms with Gasteiger partial charge in [-0.1, -0.05) is 0 Å². The van der Waals surface area contributed by atoms with Crippen LogP contribution in [0, 0.1) is 5.82 Å². The molecule has 0 bridgehead atoms. The van der Waals surface area contributed by atoms with Gasteiger partial charge in [0.1, 0.15) is 5.82 Å². The zero-order valence-electron chi connectivity index (χ0n) is 9.74. The highest BCUT2D eigenvalue weighted by Crippen LogP contribution is 2.25. The number of hydrogen-bond donors (Lipinski definition) is 0. The Bertz CT molecular complexity index is 386. The molecule has 2 heterocycles. The second kappa shape index (κ2) is 4.15. The first kappa shape index (κ1) is 11.5. The van der Waals surface area contributed by atoms with Gasteiger partial charge < -0.3 is 9.31 Å². The quantitative estimate of drug-likeness (QED) is 0.676. The summed E-state index contributed by atoms with van der Waals surface area (Å²) in [5, 5.41) is 0. The second-order valence-corrected chi connectivity index (χ2v) is 4.76. The highest BCUT2D eigenvalue weighted by molar-refractivity contribution is 6.61. The van der Waals surface area contributed by atoms with E-state index in [9.17, 15) is 4.39 Å². The van der Waals surface area contributed by atoms with Crippen molar-refractivity contribution in [2.75, 3.05) is 0 Å². The van der Waals surface area contributed by atoms with E-state index in [0.29, 0.717) is 5.46 Å². The molecule has 86 valence electrons. The van der Waals surface area contributed by atoms with E-state index in [2.05, 4.69) is 4.98 Å². The van der Waals surface area contributed by atoms with Crippen LogP contribution in [0.5, 0.6) is 0 Å². The molecule has 1 atom stereocenters. The molecule has 0 aliphatic carbocycles. The summed E-state index contributed by atoms with van der Waals surface area (Å²) in [5.74, 6) is -0.343. The summed E-state index contributed by atoms with van der Waals surface area (Å²) in [6.07, 6.45) is 3.71. The Balaban J connectivity index is 2.25. The van der Waals surface area contributed by atoms with Crippen LogP contribution in [-0.2, 0) is 9.31 Å². The standard InChI is InChI=1S/C11H15BFNO2/c1-8-6-11(2,3)16-12(15-8)9-7-14-5-4-10(9)13/h4-5,7-8H,6H2,1-3H3/t8-/m0/s1. The Morgan fingerprint density at radius 3 is 2.94 bits per heavy atom. The molecule has 2 rings (SSSR count). The molecule has 0 unspecified atom stereocenters. The zero-order valence-corrected chi connectivity index (χ0v) is 9.74. The second-order valence-electron chi connectivity index (χ2n) is 4.76. The summed E-state index contributed by atoms with van der Waals surface area (Å²) in [5.41, 5.74) is 0.0621. The maximum atomic E-state index is 13.6. The summed E-state index contributed by atoms with van der Waals surface area (Å²) in [6, 6.07) is 1.31. The maximum absolute atomic E-state index is 13.6. The van der Waals surface area contributed by atoms with Crippen LogP contribution in [0.2, 0.25) is 0 Å². The van der Waals surface area contributed by atoms with E-state index in [0.717, 1.165) is 6.42 Å². The maximum Gasteiger partial charge on any atom is 0.499 e. The lowest BCUT2D eigenvalue weighted by Gasteiger charge is -2.38. The van der Waals surface area contributed by atoms with Gasteiger partial charge in [-0.2, -0.15) is 0 Å². The lowest BCUT2D eigenvalue weighted by molar-refractivity contribution is -0.0232. The molecule has 0 aromatic carbocycles. The van der Waals surface area contributed by atoms with Gasteiger partial charge >= 0.3 is 7.12 Å². The fourth-order valence-corrected chi connectivity index (χ4v) is 2.02. The molecule has 0 amide bonds. The van der Waals surface area contributed by atoms with Gasteiger partial charge in [-0.05, 0) is 33.3 Å². The Labute approximate surface area is 95.1 Å². The predicted molar refractivity (Wildman–Crippen MR) is 59.9 cm³/mol. The summed E-state index contributed by atoms with van der Waals surface area (Å²) in [7, 11) is -0.660. The highest BCUT2D eigenvalue weighted by atomic mass is 19.1. The van der Waals surface area contributed by atoms with Crippen molar-refractivity contribution in [1.29, 1.82) is 0 Å². The summed E-state index contributed by atoms with van der Waals surface area (Å²) in [6.45, 7) is 5.92. The molecule has 0 saturated carbocycles. The number of rotatable bonds is 1. The van der Waals surface area contributed by atoms with Crippen LogP contribution in [0.1, 0.15) is 27.2 Å². The van der Waals surface area contributed by atoms with Crippen molar-refractivity contribution in [2.24, 2.45) is 0 Å². The molecule has 1 aliphatic rings. The molecule has 1 fully saturated rings. The molecule has 0 N–H and O–H groups in total. The summed E-state index contributed by atoms with van der Waals surface area (Å²) >= 11 is 0. The summed E-state index contributed by atoms with van der Waals surface area (Å²) < 4.78 is 24.8. The molecule has 5 heteroatoms. The van der Waals surface area contributed by atoms with Gasteiger partial charge in [0.05, 0.1) is 5.60 Å². The van der Waals surface area contributed by atoms with Crippen molar-refractivity contribution in [3.05, 3.63) is 24.3 Å². The van der Waals surface area contributed by atoms with Crippen LogP contribution >= 0.6 is 0 Å². The minimum atomic E-state index is -0.660. The van der Waals surface area contributed by atoms with Gasteiger partial charge in [0.15, 0.2) is 0 Å². The van der Waals surface area contributed by atoms with Crippen molar-refractivity contribution in [3.8, 4) is 0 Å². The number of hydrogen-bond acceptors (Lipinski definition) is 3. The van der Waals surface area contributed by atoms with E-state index in [-0.39, 0.29) is 17.5 Å². The van der Waals surface area contributed by atoms with Crippen molar-refractivity contribution in [2.45, 2.75) is 38.9 Å². The van der Waals surface area contributed by atoms with E-state index in [1.54, 1.807) is 0 Å². The van der Waals surface area contributed by atoms with Crippen molar-refractivity contribution >= 4 is 12.6 Å². The number of nitrogens with zero attached hydrogens (tertiary/aromatic N) is 1. The number of aromatic nitrogens is 1. The predicted octanol–water partition coefficient (Wildman–Crippen LogP) is 1.52. The van der Waals surface area contributed by atoms with E-state index in [4.69, 9.17) is 9.31 Å². The number of pyridine rings is 1. The van der Waals surface area contributed by atoms with Crippen molar-refractivity contribution < 1.29 is 13.7 Å². The van der Waals surface area contributed by atoms with E-state index >= 15 is 0 Å². The van der Waals surface area contributed by atoms with Crippen LogP contribution in [0.25, 0.3) is 0 Å². The fraction of sp³-hybridized carbons (Fsp3) is 0.545. The molecule has 16 heavy (non-hydrogen) atoms. The van der Waals surface area contributed by atoms with Crippen molar-refractivity contribution in [3.63, 3.8) is 0 Å². The van der Waals surface area contributed by atoms with E-state index in [1.165, 1.54) is 18.5 Å². The van der Waals surface area contributed by atoms with Gasteiger partial charge in [-0.15, -0.1) is 0 Å². The molecule has 3 nitrogen and oxygen atoms in total. The molecule has 0 spiro atoms. The molecule has 1 saturated heterocycles. The highest BCUT2D eigenvalue weighted by Gasteiger charge is 2.39. The average Bonchev–Trinajstić information content (AvgIpc) is 2.15. The first-order chi connectivity index (χ1) is 7.48. The van der Waals surface area contributed by atoms with Gasteiger partial charge in [-0.25, -0.2) is 4.39 Å². The smallest absolute Gasteiger partial charge is 0.405 e. The van der Waals surface area contributed by atoms with Crippen LogP contribution < -0.4 is 5.46 Å². The van der Waals surface area contributed by atoms with E-state index < -0.39 is 7.12 Å². The van der Waals surface area contributed by atoms with Crippen LogP contribution in [-0.4, -0.2) is 23.8 Å². The third-order valence-electron chi connectivity index (χ3n) is 2.61. The Morgan fingerprint density at radius 2 is 2.31 bits per heavy atom. The van der Waals surface area contributed by atoms with Gasteiger partial charge in [0, 0.05) is 24.0 Å². The normalized spacial score (nSPS) is 24.5. The average molecular weight is 223 g/mol. The minimum Gasteiger partial charge on any atom is -0.405 e. The Kier molecular flexibility index (Phi) is 2.99. The van der Waals surface area contributed by atoms with E-state index in [1.807, 2.05) is 20.8 Å². The monoisotopic (exact) mass is 223 g/mol. The lowest BCUT2D eigenvalue weighted by atomic mass is 9.75. The first-order valence-corrected chi connectivity index (χ1v) is 5.41. The first-order valence-electron chi connectivity index (χ1n) is 5.41. The largest absolute Gasteiger partial charge is 0.499 e. The molecule has 0 radical (unpaired) electrons. The molecular formula is C11H15BFNO2. The van der Waals surface area contributed by atoms with Crippen LogP contribution in [0.4, 0.5) is 4.39 Å². The zero-order chi connectivity index (χ0) is 11.8. The third-order valence-corrected chi connectivity index (χ3v) is 2.61. The van der Waals surface area contributed by atoms with Crippen LogP contribution in [0.3, 0.4) is 0 Å². The number of halogens is 1. The van der Waals surface area contributed by atoms with Gasteiger partial charge in [-0.3, -0.25) is 4.98 Å². The fourth-order valence-electron chi connectivity index (χ4n) is 2.02.